The maximum atomic E-state index is 5.96. The van der Waals surface area contributed by atoms with Gasteiger partial charge in [0.25, 0.3) is 0 Å². The predicted molar refractivity (Wildman–Crippen MR) is 68.9 cm³/mol. The van der Waals surface area contributed by atoms with E-state index in [4.69, 9.17) is 17.3 Å². The highest BCUT2D eigenvalue weighted by Gasteiger charge is 2.04. The van der Waals surface area contributed by atoms with E-state index >= 15 is 0 Å². The lowest BCUT2D eigenvalue weighted by molar-refractivity contribution is 1.05. The zero-order chi connectivity index (χ0) is 11.5. The van der Waals surface area contributed by atoms with Crippen LogP contribution in [0.1, 0.15) is 0 Å². The lowest BCUT2D eigenvalue weighted by Crippen LogP contribution is -1.98. The van der Waals surface area contributed by atoms with E-state index in [2.05, 4.69) is 31.4 Å². The first-order valence-electron chi connectivity index (χ1n) is 4.47. The van der Waals surface area contributed by atoms with Crippen molar-refractivity contribution in [1.29, 1.82) is 0 Å². The molecule has 1 aromatic carbocycles. The second kappa shape index (κ2) is 4.67. The fraction of sp³-hybridized carbons (Fsp3) is 0. The van der Waals surface area contributed by atoms with Crippen LogP contribution in [0, 0.1) is 0 Å². The number of hydrogen-bond acceptors (Lipinski definition) is 4. The van der Waals surface area contributed by atoms with Crippen LogP contribution in [0.25, 0.3) is 0 Å². The summed E-state index contributed by atoms with van der Waals surface area (Å²) < 4.78 is 0.787. The standard InChI is InChI=1S/C10H8BrClN4/c11-10-6(12)2-1-3-7(10)14-9-5-4-8(13)15-16-9/h1-5H,(H2,13,15)(H,14,16). The molecule has 0 amide bonds. The molecule has 1 aromatic heterocycles. The van der Waals surface area contributed by atoms with Gasteiger partial charge < -0.3 is 11.1 Å². The van der Waals surface area contributed by atoms with Crippen LogP contribution in [0.3, 0.4) is 0 Å². The Morgan fingerprint density at radius 2 is 2.00 bits per heavy atom. The van der Waals surface area contributed by atoms with Crippen LogP contribution in [0.5, 0.6) is 0 Å². The number of nitrogens with zero attached hydrogens (tertiary/aromatic N) is 2. The molecular weight excluding hydrogens is 291 g/mol. The van der Waals surface area contributed by atoms with E-state index in [1.54, 1.807) is 18.2 Å². The van der Waals surface area contributed by atoms with E-state index in [0.29, 0.717) is 16.7 Å². The molecule has 1 heterocycles. The van der Waals surface area contributed by atoms with Crippen molar-refractivity contribution in [3.63, 3.8) is 0 Å². The van der Waals surface area contributed by atoms with Gasteiger partial charge in [-0.05, 0) is 40.2 Å². The molecule has 6 heteroatoms. The van der Waals surface area contributed by atoms with Crippen LogP contribution in [0.15, 0.2) is 34.8 Å². The van der Waals surface area contributed by atoms with E-state index in [9.17, 15) is 0 Å². The van der Waals surface area contributed by atoms with Gasteiger partial charge >= 0.3 is 0 Å². The Morgan fingerprint density at radius 1 is 1.19 bits per heavy atom. The number of halogens is 2. The molecular formula is C10H8BrClN4. The summed E-state index contributed by atoms with van der Waals surface area (Å²) in [5.74, 6) is 0.993. The van der Waals surface area contributed by atoms with Crippen molar-refractivity contribution in [2.24, 2.45) is 0 Å². The van der Waals surface area contributed by atoms with E-state index in [0.717, 1.165) is 10.2 Å². The summed E-state index contributed by atoms with van der Waals surface area (Å²) >= 11 is 9.35. The van der Waals surface area contributed by atoms with Crippen molar-refractivity contribution in [2.75, 3.05) is 11.1 Å². The second-order valence-electron chi connectivity index (χ2n) is 3.07. The third-order valence-corrected chi connectivity index (χ3v) is 3.30. The molecule has 0 saturated carbocycles. The van der Waals surface area contributed by atoms with Crippen molar-refractivity contribution < 1.29 is 0 Å². The number of hydrogen-bond donors (Lipinski definition) is 2. The van der Waals surface area contributed by atoms with Gasteiger partial charge in [0.05, 0.1) is 15.2 Å². The molecule has 82 valence electrons. The van der Waals surface area contributed by atoms with Gasteiger partial charge in [-0.1, -0.05) is 17.7 Å². The summed E-state index contributed by atoms with van der Waals surface area (Å²) in [5.41, 5.74) is 6.27. The SMILES string of the molecule is Nc1ccc(Nc2cccc(Cl)c2Br)nn1. The number of rotatable bonds is 2. The largest absolute Gasteiger partial charge is 0.382 e. The third-order valence-electron chi connectivity index (χ3n) is 1.90. The molecule has 0 radical (unpaired) electrons. The maximum absolute atomic E-state index is 5.96. The maximum Gasteiger partial charge on any atom is 0.153 e. The topological polar surface area (TPSA) is 63.8 Å². The first-order chi connectivity index (χ1) is 7.66. The summed E-state index contributed by atoms with van der Waals surface area (Å²) in [6, 6.07) is 8.95. The number of anilines is 3. The van der Waals surface area contributed by atoms with Crippen molar-refractivity contribution in [1.82, 2.24) is 10.2 Å². The molecule has 0 spiro atoms. The molecule has 0 unspecified atom stereocenters. The summed E-state index contributed by atoms with van der Waals surface area (Å²) in [6.07, 6.45) is 0. The summed E-state index contributed by atoms with van der Waals surface area (Å²) in [6.45, 7) is 0. The lowest BCUT2D eigenvalue weighted by Gasteiger charge is -2.07. The minimum absolute atomic E-state index is 0.385. The fourth-order valence-electron chi connectivity index (χ4n) is 1.15. The zero-order valence-corrected chi connectivity index (χ0v) is 10.5. The number of benzene rings is 1. The average molecular weight is 300 g/mol. The molecule has 0 aliphatic heterocycles. The van der Waals surface area contributed by atoms with Gasteiger partial charge in [0.15, 0.2) is 5.82 Å². The predicted octanol–water partition coefficient (Wildman–Crippen LogP) is 3.22. The summed E-state index contributed by atoms with van der Waals surface area (Å²) in [4.78, 5) is 0. The van der Waals surface area contributed by atoms with Gasteiger partial charge in [-0.15, -0.1) is 10.2 Å². The van der Waals surface area contributed by atoms with Gasteiger partial charge in [-0.3, -0.25) is 0 Å². The molecule has 16 heavy (non-hydrogen) atoms. The van der Waals surface area contributed by atoms with Gasteiger partial charge in [0, 0.05) is 0 Å². The highest BCUT2D eigenvalue weighted by molar-refractivity contribution is 9.10. The Kier molecular flexibility index (Phi) is 3.26. The molecule has 0 saturated heterocycles. The molecule has 2 rings (SSSR count). The first-order valence-corrected chi connectivity index (χ1v) is 5.64. The van der Waals surface area contributed by atoms with Crippen molar-refractivity contribution in [3.8, 4) is 0 Å². The number of aromatic nitrogens is 2. The van der Waals surface area contributed by atoms with Crippen LogP contribution in [-0.2, 0) is 0 Å². The minimum atomic E-state index is 0.385. The monoisotopic (exact) mass is 298 g/mol. The zero-order valence-electron chi connectivity index (χ0n) is 8.11. The molecule has 0 aliphatic carbocycles. The Hall–Kier alpha value is -1.33. The lowest BCUT2D eigenvalue weighted by atomic mass is 10.3. The van der Waals surface area contributed by atoms with Crippen LogP contribution in [-0.4, -0.2) is 10.2 Å². The van der Waals surface area contributed by atoms with Crippen LogP contribution in [0.2, 0.25) is 5.02 Å². The van der Waals surface area contributed by atoms with Crippen molar-refractivity contribution >= 4 is 44.9 Å². The molecule has 0 aliphatic rings. The van der Waals surface area contributed by atoms with Gasteiger partial charge in [0.2, 0.25) is 0 Å². The first kappa shape index (κ1) is 11.2. The third kappa shape index (κ3) is 2.43. The van der Waals surface area contributed by atoms with Crippen LogP contribution < -0.4 is 11.1 Å². The minimum Gasteiger partial charge on any atom is -0.382 e. The smallest absolute Gasteiger partial charge is 0.153 e. The van der Waals surface area contributed by atoms with E-state index < -0.39 is 0 Å². The molecule has 0 atom stereocenters. The van der Waals surface area contributed by atoms with Gasteiger partial charge in [0.1, 0.15) is 5.82 Å². The normalized spacial score (nSPS) is 10.1. The highest BCUT2D eigenvalue weighted by atomic mass is 79.9. The van der Waals surface area contributed by atoms with Crippen molar-refractivity contribution in [2.45, 2.75) is 0 Å². The quantitative estimate of drug-likeness (QED) is 0.893. The highest BCUT2D eigenvalue weighted by Crippen LogP contribution is 2.31. The average Bonchev–Trinajstić information content (AvgIpc) is 2.28. The number of nitrogens with two attached hydrogens (primary N) is 1. The molecule has 2 aromatic rings. The summed E-state index contributed by atoms with van der Waals surface area (Å²) in [7, 11) is 0. The van der Waals surface area contributed by atoms with Crippen LogP contribution >= 0.6 is 27.5 Å². The van der Waals surface area contributed by atoms with Crippen molar-refractivity contribution in [3.05, 3.63) is 39.8 Å². The molecule has 0 bridgehead atoms. The Bertz CT molecular complexity index is 501. The van der Waals surface area contributed by atoms with E-state index in [-0.39, 0.29) is 0 Å². The molecule has 0 fully saturated rings. The number of nitrogen functional groups attached to an aromatic ring is 1. The summed E-state index contributed by atoms with van der Waals surface area (Å²) in [5, 5.41) is 11.4. The Balaban J connectivity index is 2.27. The van der Waals surface area contributed by atoms with Crippen LogP contribution in [0.4, 0.5) is 17.3 Å². The number of nitrogens with one attached hydrogen (secondary N) is 1. The Morgan fingerprint density at radius 3 is 2.69 bits per heavy atom. The van der Waals surface area contributed by atoms with E-state index in [1.807, 2.05) is 12.1 Å². The fourth-order valence-corrected chi connectivity index (χ4v) is 1.69. The molecule has 4 nitrogen and oxygen atoms in total. The van der Waals surface area contributed by atoms with E-state index in [1.165, 1.54) is 0 Å². The Labute approximate surface area is 106 Å². The van der Waals surface area contributed by atoms with Gasteiger partial charge in [-0.25, -0.2) is 0 Å². The van der Waals surface area contributed by atoms with Gasteiger partial charge in [-0.2, -0.15) is 0 Å². The second-order valence-corrected chi connectivity index (χ2v) is 4.27. The molecule has 3 N–H and O–H groups in total.